The SMILES string of the molecule is NC(N)=NN=Cc1ccc2ccoc2c1. The summed E-state index contributed by atoms with van der Waals surface area (Å²) in [5.74, 6) is -0.0645. The summed E-state index contributed by atoms with van der Waals surface area (Å²) in [4.78, 5) is 0. The molecule has 0 amide bonds. The molecule has 76 valence electrons. The van der Waals surface area contributed by atoms with Crippen LogP contribution in [-0.4, -0.2) is 12.2 Å². The number of benzene rings is 1. The third kappa shape index (κ3) is 2.14. The molecule has 0 unspecified atom stereocenters. The standard InChI is InChI=1S/C10H10N4O/c11-10(12)14-13-6-7-1-2-8-3-4-15-9(8)5-7/h1-6H,(H4,11,12,14). The van der Waals surface area contributed by atoms with Crippen molar-refractivity contribution in [2.24, 2.45) is 21.7 Å². The number of nitrogens with two attached hydrogens (primary N) is 2. The lowest BCUT2D eigenvalue weighted by Crippen LogP contribution is -2.21. The van der Waals surface area contributed by atoms with E-state index in [9.17, 15) is 0 Å². The number of hydrogen-bond acceptors (Lipinski definition) is 3. The molecule has 0 spiro atoms. The van der Waals surface area contributed by atoms with Crippen LogP contribution in [-0.2, 0) is 0 Å². The van der Waals surface area contributed by atoms with Crippen LogP contribution in [0, 0.1) is 0 Å². The molecule has 2 aromatic rings. The van der Waals surface area contributed by atoms with Crippen LogP contribution in [0.5, 0.6) is 0 Å². The van der Waals surface area contributed by atoms with Crippen LogP contribution in [0.4, 0.5) is 0 Å². The van der Waals surface area contributed by atoms with Gasteiger partial charge in [-0.05, 0) is 17.7 Å². The van der Waals surface area contributed by atoms with Crippen molar-refractivity contribution in [2.45, 2.75) is 0 Å². The van der Waals surface area contributed by atoms with Gasteiger partial charge in [0, 0.05) is 5.39 Å². The molecule has 1 aromatic carbocycles. The molecule has 5 nitrogen and oxygen atoms in total. The average molecular weight is 202 g/mol. The van der Waals surface area contributed by atoms with Crippen LogP contribution in [0.1, 0.15) is 5.56 Å². The summed E-state index contributed by atoms with van der Waals surface area (Å²) in [5.41, 5.74) is 11.9. The quantitative estimate of drug-likeness (QED) is 0.433. The van der Waals surface area contributed by atoms with E-state index in [1.165, 1.54) is 0 Å². The zero-order valence-electron chi connectivity index (χ0n) is 7.92. The summed E-state index contributed by atoms with van der Waals surface area (Å²) < 4.78 is 5.24. The summed E-state index contributed by atoms with van der Waals surface area (Å²) >= 11 is 0. The van der Waals surface area contributed by atoms with Crippen LogP contribution in [0.25, 0.3) is 11.0 Å². The third-order valence-corrected chi connectivity index (χ3v) is 1.86. The van der Waals surface area contributed by atoms with E-state index in [1.807, 2.05) is 24.3 Å². The second-order valence-corrected chi connectivity index (χ2v) is 2.99. The molecule has 2 rings (SSSR count). The molecular weight excluding hydrogens is 192 g/mol. The smallest absolute Gasteiger partial charge is 0.211 e. The van der Waals surface area contributed by atoms with Gasteiger partial charge >= 0.3 is 0 Å². The molecule has 1 aromatic heterocycles. The highest BCUT2D eigenvalue weighted by atomic mass is 16.3. The first kappa shape index (κ1) is 9.26. The van der Waals surface area contributed by atoms with E-state index in [1.54, 1.807) is 12.5 Å². The summed E-state index contributed by atoms with van der Waals surface area (Å²) in [6.07, 6.45) is 3.20. The van der Waals surface area contributed by atoms with Gasteiger partial charge in [0.2, 0.25) is 5.96 Å². The van der Waals surface area contributed by atoms with Crippen molar-refractivity contribution in [1.29, 1.82) is 0 Å². The van der Waals surface area contributed by atoms with Gasteiger partial charge in [-0.15, -0.1) is 5.10 Å². The van der Waals surface area contributed by atoms with E-state index in [4.69, 9.17) is 15.9 Å². The Balaban J connectivity index is 2.28. The maximum absolute atomic E-state index is 5.24. The van der Waals surface area contributed by atoms with Gasteiger partial charge in [-0.25, -0.2) is 0 Å². The van der Waals surface area contributed by atoms with Crippen LogP contribution < -0.4 is 11.5 Å². The highest BCUT2D eigenvalue weighted by Gasteiger charge is 1.96. The Labute approximate surface area is 86.1 Å². The molecule has 15 heavy (non-hydrogen) atoms. The van der Waals surface area contributed by atoms with Crippen molar-refractivity contribution in [3.05, 3.63) is 36.1 Å². The Morgan fingerprint density at radius 3 is 2.93 bits per heavy atom. The first-order valence-corrected chi connectivity index (χ1v) is 4.35. The molecule has 0 aliphatic heterocycles. The second kappa shape index (κ2) is 3.83. The van der Waals surface area contributed by atoms with E-state index in [0.29, 0.717) is 0 Å². The Morgan fingerprint density at radius 1 is 1.27 bits per heavy atom. The minimum atomic E-state index is -0.0645. The number of nitrogens with zero attached hydrogens (tertiary/aromatic N) is 2. The minimum Gasteiger partial charge on any atom is -0.464 e. The van der Waals surface area contributed by atoms with Crippen molar-refractivity contribution >= 4 is 23.1 Å². The second-order valence-electron chi connectivity index (χ2n) is 2.99. The minimum absolute atomic E-state index is 0.0645. The van der Waals surface area contributed by atoms with E-state index in [0.717, 1.165) is 16.5 Å². The zero-order valence-corrected chi connectivity index (χ0v) is 7.92. The van der Waals surface area contributed by atoms with E-state index in [-0.39, 0.29) is 5.96 Å². The third-order valence-electron chi connectivity index (χ3n) is 1.86. The molecule has 0 saturated carbocycles. The zero-order chi connectivity index (χ0) is 10.7. The fourth-order valence-corrected chi connectivity index (χ4v) is 1.21. The van der Waals surface area contributed by atoms with Crippen molar-refractivity contribution in [3.8, 4) is 0 Å². The fourth-order valence-electron chi connectivity index (χ4n) is 1.21. The summed E-state index contributed by atoms with van der Waals surface area (Å²) in [7, 11) is 0. The molecule has 0 bridgehead atoms. The molecule has 0 radical (unpaired) electrons. The predicted octanol–water partition coefficient (Wildman–Crippen LogP) is 1.04. The predicted molar refractivity (Wildman–Crippen MR) is 59.6 cm³/mol. The van der Waals surface area contributed by atoms with Crippen molar-refractivity contribution in [2.75, 3.05) is 0 Å². The maximum Gasteiger partial charge on any atom is 0.211 e. The molecule has 0 saturated heterocycles. The first-order chi connectivity index (χ1) is 7.25. The lowest BCUT2D eigenvalue weighted by Gasteiger charge is -1.91. The number of hydrogen-bond donors (Lipinski definition) is 2. The largest absolute Gasteiger partial charge is 0.464 e. The summed E-state index contributed by atoms with van der Waals surface area (Å²) in [6.45, 7) is 0. The Hall–Kier alpha value is -2.30. The van der Waals surface area contributed by atoms with Crippen LogP contribution in [0.2, 0.25) is 0 Å². The number of guanidine groups is 1. The first-order valence-electron chi connectivity index (χ1n) is 4.35. The Morgan fingerprint density at radius 2 is 2.13 bits per heavy atom. The van der Waals surface area contributed by atoms with Crippen LogP contribution in [0.3, 0.4) is 0 Å². The highest BCUT2D eigenvalue weighted by molar-refractivity contribution is 5.88. The highest BCUT2D eigenvalue weighted by Crippen LogP contribution is 2.15. The number of rotatable bonds is 2. The molecule has 5 heteroatoms. The lowest BCUT2D eigenvalue weighted by atomic mass is 10.2. The Kier molecular flexibility index (Phi) is 2.37. The average Bonchev–Trinajstić information content (AvgIpc) is 2.64. The van der Waals surface area contributed by atoms with Crippen molar-refractivity contribution in [1.82, 2.24) is 0 Å². The molecule has 0 atom stereocenters. The molecule has 0 aliphatic rings. The van der Waals surface area contributed by atoms with Crippen molar-refractivity contribution < 1.29 is 4.42 Å². The fraction of sp³-hybridized carbons (Fsp3) is 0. The number of fused-ring (bicyclic) bond motifs is 1. The summed E-state index contributed by atoms with van der Waals surface area (Å²) in [5, 5.41) is 8.25. The van der Waals surface area contributed by atoms with Crippen molar-refractivity contribution in [3.63, 3.8) is 0 Å². The topological polar surface area (TPSA) is 89.9 Å². The number of furan rings is 1. The Bertz CT molecular complexity index is 523. The van der Waals surface area contributed by atoms with Gasteiger partial charge in [-0.3, -0.25) is 0 Å². The van der Waals surface area contributed by atoms with Gasteiger partial charge in [0.05, 0.1) is 12.5 Å². The maximum atomic E-state index is 5.24. The molecule has 0 aliphatic carbocycles. The van der Waals surface area contributed by atoms with Crippen LogP contribution >= 0.6 is 0 Å². The van der Waals surface area contributed by atoms with Gasteiger partial charge in [0.15, 0.2) is 0 Å². The monoisotopic (exact) mass is 202 g/mol. The molecule has 1 heterocycles. The molecular formula is C10H10N4O. The lowest BCUT2D eigenvalue weighted by molar-refractivity contribution is 0.616. The van der Waals surface area contributed by atoms with Gasteiger partial charge in [0.25, 0.3) is 0 Å². The normalized spacial score (nSPS) is 10.9. The van der Waals surface area contributed by atoms with E-state index < -0.39 is 0 Å². The van der Waals surface area contributed by atoms with E-state index in [2.05, 4.69) is 10.2 Å². The van der Waals surface area contributed by atoms with Gasteiger partial charge in [0.1, 0.15) is 5.58 Å². The van der Waals surface area contributed by atoms with Gasteiger partial charge < -0.3 is 15.9 Å². The van der Waals surface area contributed by atoms with Gasteiger partial charge in [-0.1, -0.05) is 12.1 Å². The molecule has 4 N–H and O–H groups in total. The van der Waals surface area contributed by atoms with Gasteiger partial charge in [-0.2, -0.15) is 5.10 Å². The van der Waals surface area contributed by atoms with Crippen LogP contribution in [0.15, 0.2) is 45.1 Å². The molecule has 0 fully saturated rings. The summed E-state index contributed by atoms with van der Waals surface area (Å²) in [6, 6.07) is 7.60. The van der Waals surface area contributed by atoms with E-state index >= 15 is 0 Å².